The summed E-state index contributed by atoms with van der Waals surface area (Å²) >= 11 is 0. The smallest absolute Gasteiger partial charge is 0.177 e. The summed E-state index contributed by atoms with van der Waals surface area (Å²) in [6.45, 7) is 0. The lowest BCUT2D eigenvalue weighted by molar-refractivity contribution is 0.319. The van der Waals surface area contributed by atoms with E-state index in [1.54, 1.807) is 7.11 Å². The predicted octanol–water partition coefficient (Wildman–Crippen LogP) is 2.94. The van der Waals surface area contributed by atoms with Gasteiger partial charge in [0.25, 0.3) is 0 Å². The molecule has 0 aliphatic rings. The maximum Gasteiger partial charge on any atom is 0.177 e. The fourth-order valence-corrected chi connectivity index (χ4v) is 1.56. The molecule has 0 aromatic heterocycles. The van der Waals surface area contributed by atoms with Crippen LogP contribution in [0.4, 0.5) is 5.69 Å². The van der Waals surface area contributed by atoms with E-state index in [0.29, 0.717) is 5.84 Å². The van der Waals surface area contributed by atoms with Crippen LogP contribution < -0.4 is 10.1 Å². The Hall–Kier alpha value is -2.49. The first-order chi connectivity index (χ1) is 8.83. The molecule has 0 amide bonds. The van der Waals surface area contributed by atoms with E-state index in [2.05, 4.69) is 10.5 Å². The van der Waals surface area contributed by atoms with Gasteiger partial charge in [-0.15, -0.1) is 0 Å². The second-order valence-electron chi connectivity index (χ2n) is 3.67. The summed E-state index contributed by atoms with van der Waals surface area (Å²) in [5.74, 6) is 1.18. The minimum absolute atomic E-state index is 0.403. The fraction of sp³-hybridized carbons (Fsp3) is 0.0714. The maximum absolute atomic E-state index is 9.04. The van der Waals surface area contributed by atoms with Crippen molar-refractivity contribution in [2.75, 3.05) is 12.4 Å². The first kappa shape index (κ1) is 12.0. The van der Waals surface area contributed by atoms with Crippen LogP contribution in [0.15, 0.2) is 59.8 Å². The summed E-state index contributed by atoms with van der Waals surface area (Å²) in [4.78, 5) is 0. The molecule has 0 fully saturated rings. The summed E-state index contributed by atoms with van der Waals surface area (Å²) in [5.41, 5.74) is 1.64. The quantitative estimate of drug-likeness (QED) is 0.376. The molecule has 0 aliphatic heterocycles. The van der Waals surface area contributed by atoms with Crippen LogP contribution >= 0.6 is 0 Å². The Bertz CT molecular complexity index is 521. The number of amidine groups is 1. The summed E-state index contributed by atoms with van der Waals surface area (Å²) in [6.07, 6.45) is 0. The number of oxime groups is 1. The summed E-state index contributed by atoms with van der Waals surface area (Å²) in [5, 5.41) is 15.4. The van der Waals surface area contributed by atoms with E-state index in [1.807, 2.05) is 54.6 Å². The van der Waals surface area contributed by atoms with Crippen molar-refractivity contribution in [3.05, 3.63) is 60.2 Å². The molecule has 0 radical (unpaired) electrons. The molecule has 2 aromatic carbocycles. The molecule has 92 valence electrons. The number of nitrogens with one attached hydrogen (secondary N) is 1. The molecule has 18 heavy (non-hydrogen) atoms. The number of ether oxygens (including phenoxy) is 1. The standard InChI is InChI=1S/C14H14N2O2/c1-18-13-9-7-12(8-10-13)15-14(16-17)11-5-3-2-4-6-11/h2-10,17H,1H3,(H,15,16). The lowest BCUT2D eigenvalue weighted by atomic mass is 10.2. The van der Waals surface area contributed by atoms with E-state index < -0.39 is 0 Å². The van der Waals surface area contributed by atoms with Gasteiger partial charge < -0.3 is 15.3 Å². The Labute approximate surface area is 106 Å². The van der Waals surface area contributed by atoms with Gasteiger partial charge in [0.05, 0.1) is 7.11 Å². The Morgan fingerprint density at radius 2 is 1.72 bits per heavy atom. The van der Waals surface area contributed by atoms with Crippen molar-refractivity contribution in [3.63, 3.8) is 0 Å². The van der Waals surface area contributed by atoms with Crippen molar-refractivity contribution >= 4 is 11.5 Å². The third-order valence-electron chi connectivity index (χ3n) is 2.50. The van der Waals surface area contributed by atoms with Crippen molar-refractivity contribution in [2.24, 2.45) is 5.16 Å². The molecule has 2 N–H and O–H groups in total. The van der Waals surface area contributed by atoms with E-state index in [1.165, 1.54) is 0 Å². The number of benzene rings is 2. The SMILES string of the molecule is COc1ccc(N/C(=N/O)c2ccccc2)cc1. The Morgan fingerprint density at radius 3 is 2.28 bits per heavy atom. The first-order valence-electron chi connectivity index (χ1n) is 5.52. The van der Waals surface area contributed by atoms with E-state index >= 15 is 0 Å². The highest BCUT2D eigenvalue weighted by Crippen LogP contribution is 2.16. The number of anilines is 1. The van der Waals surface area contributed by atoms with Gasteiger partial charge in [-0.2, -0.15) is 0 Å². The molecular formula is C14H14N2O2. The molecule has 0 unspecified atom stereocenters. The Kier molecular flexibility index (Phi) is 3.81. The van der Waals surface area contributed by atoms with Gasteiger partial charge in [0, 0.05) is 11.3 Å². The lowest BCUT2D eigenvalue weighted by Gasteiger charge is -2.08. The summed E-state index contributed by atoms with van der Waals surface area (Å²) < 4.78 is 5.08. The summed E-state index contributed by atoms with van der Waals surface area (Å²) in [7, 11) is 1.62. The molecule has 4 nitrogen and oxygen atoms in total. The highest BCUT2D eigenvalue weighted by molar-refractivity contribution is 6.07. The highest BCUT2D eigenvalue weighted by atomic mass is 16.5. The topological polar surface area (TPSA) is 53.8 Å². The van der Waals surface area contributed by atoms with Crippen molar-refractivity contribution in [1.29, 1.82) is 0 Å². The first-order valence-corrected chi connectivity index (χ1v) is 5.52. The van der Waals surface area contributed by atoms with E-state index in [0.717, 1.165) is 17.0 Å². The molecule has 2 aromatic rings. The molecule has 0 bridgehead atoms. The largest absolute Gasteiger partial charge is 0.497 e. The van der Waals surface area contributed by atoms with Gasteiger partial charge in [-0.25, -0.2) is 0 Å². The lowest BCUT2D eigenvalue weighted by Crippen LogP contribution is -2.13. The van der Waals surface area contributed by atoms with Gasteiger partial charge in [0.2, 0.25) is 0 Å². The van der Waals surface area contributed by atoms with E-state index in [4.69, 9.17) is 9.94 Å². The van der Waals surface area contributed by atoms with E-state index in [-0.39, 0.29) is 0 Å². The number of hydrogen-bond donors (Lipinski definition) is 2. The van der Waals surface area contributed by atoms with Crippen molar-refractivity contribution in [2.45, 2.75) is 0 Å². The normalized spacial score (nSPS) is 11.1. The predicted molar refractivity (Wildman–Crippen MR) is 71.4 cm³/mol. The van der Waals surface area contributed by atoms with Gasteiger partial charge in [-0.05, 0) is 24.3 Å². The monoisotopic (exact) mass is 242 g/mol. The number of methoxy groups -OCH3 is 1. The van der Waals surface area contributed by atoms with Crippen LogP contribution in [0.2, 0.25) is 0 Å². The van der Waals surface area contributed by atoms with Gasteiger partial charge in [0.15, 0.2) is 5.84 Å². The second-order valence-corrected chi connectivity index (χ2v) is 3.67. The molecule has 0 aliphatic carbocycles. The van der Waals surface area contributed by atoms with Crippen LogP contribution in [0.25, 0.3) is 0 Å². The molecule has 0 spiro atoms. The zero-order valence-corrected chi connectivity index (χ0v) is 10.00. The Balaban J connectivity index is 2.16. The maximum atomic E-state index is 9.04. The fourth-order valence-electron chi connectivity index (χ4n) is 1.56. The number of rotatable bonds is 3. The van der Waals surface area contributed by atoms with Crippen LogP contribution in [0.1, 0.15) is 5.56 Å². The van der Waals surface area contributed by atoms with Crippen molar-refractivity contribution in [1.82, 2.24) is 0 Å². The Morgan fingerprint density at radius 1 is 1.06 bits per heavy atom. The van der Waals surface area contributed by atoms with Gasteiger partial charge >= 0.3 is 0 Å². The summed E-state index contributed by atoms with van der Waals surface area (Å²) in [6, 6.07) is 16.8. The van der Waals surface area contributed by atoms with E-state index in [9.17, 15) is 0 Å². The number of hydrogen-bond acceptors (Lipinski definition) is 3. The number of nitrogens with zero attached hydrogens (tertiary/aromatic N) is 1. The van der Waals surface area contributed by atoms with Crippen LogP contribution in [-0.2, 0) is 0 Å². The second kappa shape index (κ2) is 5.72. The molecule has 4 heteroatoms. The average Bonchev–Trinajstić information content (AvgIpc) is 2.46. The minimum Gasteiger partial charge on any atom is -0.497 e. The molecule has 0 saturated heterocycles. The molecular weight excluding hydrogens is 228 g/mol. The zero-order valence-electron chi connectivity index (χ0n) is 10.00. The van der Waals surface area contributed by atoms with Crippen molar-refractivity contribution < 1.29 is 9.94 Å². The molecule has 0 atom stereocenters. The van der Waals surface area contributed by atoms with Crippen LogP contribution in [0, 0.1) is 0 Å². The molecule has 2 rings (SSSR count). The highest BCUT2D eigenvalue weighted by Gasteiger charge is 2.03. The van der Waals surface area contributed by atoms with Crippen molar-refractivity contribution in [3.8, 4) is 5.75 Å². The van der Waals surface area contributed by atoms with Crippen LogP contribution in [0.3, 0.4) is 0 Å². The van der Waals surface area contributed by atoms with Gasteiger partial charge in [-0.1, -0.05) is 35.5 Å². The van der Waals surface area contributed by atoms with Gasteiger partial charge in [-0.3, -0.25) is 0 Å². The zero-order chi connectivity index (χ0) is 12.8. The molecule has 0 heterocycles. The third kappa shape index (κ3) is 2.79. The van der Waals surface area contributed by atoms with Gasteiger partial charge in [0.1, 0.15) is 5.75 Å². The van der Waals surface area contributed by atoms with Crippen LogP contribution in [0.5, 0.6) is 5.75 Å². The average molecular weight is 242 g/mol. The van der Waals surface area contributed by atoms with Crippen LogP contribution in [-0.4, -0.2) is 18.2 Å². The third-order valence-corrected chi connectivity index (χ3v) is 2.50. The minimum atomic E-state index is 0.403. The molecule has 0 saturated carbocycles.